The van der Waals surface area contributed by atoms with E-state index in [9.17, 15) is 9.59 Å². The first-order valence-electron chi connectivity index (χ1n) is 10.1. The molecule has 0 fully saturated rings. The average Bonchev–Trinajstić information content (AvgIpc) is 2.79. The monoisotopic (exact) mass is 435 g/mol. The Kier molecular flexibility index (Phi) is 6.48. The largest absolute Gasteiger partial charge is 0.472 e. The van der Waals surface area contributed by atoms with Gasteiger partial charge in [-0.15, -0.1) is 0 Å². The van der Waals surface area contributed by atoms with E-state index in [2.05, 4.69) is 10.3 Å². The Morgan fingerprint density at radius 3 is 2.74 bits per heavy atom. The summed E-state index contributed by atoms with van der Waals surface area (Å²) in [6.45, 7) is 0.788. The fourth-order valence-corrected chi connectivity index (χ4v) is 3.70. The van der Waals surface area contributed by atoms with E-state index in [1.54, 1.807) is 29.3 Å². The number of benzene rings is 2. The smallest absolute Gasteiger partial charge is 0.274 e. The van der Waals surface area contributed by atoms with Gasteiger partial charge in [0.05, 0.1) is 0 Å². The quantitative estimate of drug-likeness (QED) is 0.600. The van der Waals surface area contributed by atoms with Gasteiger partial charge in [-0.2, -0.15) is 0 Å². The second-order valence-corrected chi connectivity index (χ2v) is 7.67. The van der Waals surface area contributed by atoms with E-state index in [1.807, 2.05) is 48.5 Å². The number of aromatic nitrogens is 1. The van der Waals surface area contributed by atoms with Gasteiger partial charge in [0.15, 0.2) is 11.6 Å². The fourth-order valence-electron chi connectivity index (χ4n) is 3.49. The van der Waals surface area contributed by atoms with Crippen LogP contribution in [-0.4, -0.2) is 23.3 Å². The molecule has 2 amide bonds. The molecule has 1 aliphatic heterocycles. The van der Waals surface area contributed by atoms with Crippen molar-refractivity contribution in [1.82, 2.24) is 10.3 Å². The summed E-state index contributed by atoms with van der Waals surface area (Å²) in [7, 11) is 0. The van der Waals surface area contributed by atoms with Crippen LogP contribution >= 0.6 is 11.6 Å². The zero-order chi connectivity index (χ0) is 21.6. The third-order valence-electron chi connectivity index (χ3n) is 5.01. The number of carbonyl (C=O) groups excluding carboxylic acids is 2. The van der Waals surface area contributed by atoms with Crippen LogP contribution in [-0.2, 0) is 16.1 Å². The number of pyridine rings is 1. The van der Waals surface area contributed by atoms with E-state index in [0.29, 0.717) is 42.5 Å². The summed E-state index contributed by atoms with van der Waals surface area (Å²) >= 11 is 5.97. The van der Waals surface area contributed by atoms with Crippen molar-refractivity contribution >= 4 is 29.2 Å². The Balaban J connectivity index is 1.38. The Bertz CT molecular complexity index is 1070. The number of hydrogen-bond acceptors (Lipinski definition) is 4. The van der Waals surface area contributed by atoms with Gasteiger partial charge in [-0.1, -0.05) is 54.1 Å². The zero-order valence-corrected chi connectivity index (χ0v) is 17.6. The molecule has 2 aromatic carbocycles. The van der Waals surface area contributed by atoms with Gasteiger partial charge in [0.2, 0.25) is 12.0 Å². The lowest BCUT2D eigenvalue weighted by molar-refractivity contribution is -0.127. The maximum atomic E-state index is 13.2. The first kappa shape index (κ1) is 20.9. The van der Waals surface area contributed by atoms with E-state index in [-0.39, 0.29) is 11.8 Å². The van der Waals surface area contributed by atoms with E-state index in [0.717, 1.165) is 11.1 Å². The third kappa shape index (κ3) is 5.03. The minimum absolute atomic E-state index is 0.0819. The lowest BCUT2D eigenvalue weighted by atomic mass is 10.1. The number of rotatable bonds is 7. The van der Waals surface area contributed by atoms with E-state index in [4.69, 9.17) is 16.3 Å². The number of hydrogen-bond donors (Lipinski definition) is 1. The van der Waals surface area contributed by atoms with Gasteiger partial charge in [0, 0.05) is 36.3 Å². The molecular weight excluding hydrogens is 414 g/mol. The molecule has 0 bridgehead atoms. The number of nitrogens with zero attached hydrogens (tertiary/aromatic N) is 2. The second-order valence-electron chi connectivity index (χ2n) is 7.23. The third-order valence-corrected chi connectivity index (χ3v) is 5.24. The topological polar surface area (TPSA) is 71.5 Å². The van der Waals surface area contributed by atoms with Crippen molar-refractivity contribution < 1.29 is 14.3 Å². The standard InChI is InChI=1S/C24H22ClN3O3/c25-19-10-4-7-17(15-19)16-27-21(29)12-6-14-28-23-20(11-5-13-26-23)31-22(24(28)30)18-8-2-1-3-9-18/h1-5,7-11,13,15,22H,6,12,14,16H2,(H,27,29)/t22-/m1/s1. The highest BCUT2D eigenvalue weighted by molar-refractivity contribution is 6.30. The lowest BCUT2D eigenvalue weighted by Gasteiger charge is -2.33. The molecule has 3 aromatic rings. The van der Waals surface area contributed by atoms with Crippen molar-refractivity contribution in [2.75, 3.05) is 11.4 Å². The maximum Gasteiger partial charge on any atom is 0.274 e. The van der Waals surface area contributed by atoms with Crippen LogP contribution in [0.25, 0.3) is 0 Å². The van der Waals surface area contributed by atoms with Crippen LogP contribution in [0, 0.1) is 0 Å². The molecular formula is C24H22ClN3O3. The molecule has 0 aliphatic carbocycles. The highest BCUT2D eigenvalue weighted by Gasteiger charge is 2.36. The minimum atomic E-state index is -0.727. The number of amides is 2. The Labute approximate surface area is 185 Å². The fraction of sp³-hybridized carbons (Fsp3) is 0.208. The highest BCUT2D eigenvalue weighted by atomic mass is 35.5. The van der Waals surface area contributed by atoms with Gasteiger partial charge in [0.25, 0.3) is 5.91 Å². The number of fused-ring (bicyclic) bond motifs is 1. The van der Waals surface area contributed by atoms with Crippen molar-refractivity contribution in [3.63, 3.8) is 0 Å². The van der Waals surface area contributed by atoms with Crippen molar-refractivity contribution in [2.45, 2.75) is 25.5 Å². The lowest BCUT2D eigenvalue weighted by Crippen LogP contribution is -2.42. The molecule has 0 unspecified atom stereocenters. The molecule has 2 heterocycles. The molecule has 1 aromatic heterocycles. The van der Waals surface area contributed by atoms with Gasteiger partial charge in [0.1, 0.15) is 0 Å². The van der Waals surface area contributed by atoms with Crippen molar-refractivity contribution in [1.29, 1.82) is 0 Å². The van der Waals surface area contributed by atoms with Gasteiger partial charge >= 0.3 is 0 Å². The highest BCUT2D eigenvalue weighted by Crippen LogP contribution is 2.37. The van der Waals surface area contributed by atoms with Crippen LogP contribution in [0.15, 0.2) is 72.9 Å². The molecule has 0 saturated carbocycles. The number of nitrogens with one attached hydrogen (secondary N) is 1. The van der Waals surface area contributed by atoms with Crippen molar-refractivity contribution in [3.05, 3.63) is 89.1 Å². The predicted octanol–water partition coefficient (Wildman–Crippen LogP) is 4.30. The van der Waals surface area contributed by atoms with Crippen LogP contribution in [0.4, 0.5) is 5.82 Å². The Morgan fingerprint density at radius 1 is 1.10 bits per heavy atom. The summed E-state index contributed by atoms with van der Waals surface area (Å²) in [4.78, 5) is 31.4. The van der Waals surface area contributed by atoms with E-state index in [1.165, 1.54) is 0 Å². The molecule has 0 radical (unpaired) electrons. The normalized spacial score (nSPS) is 15.2. The molecule has 6 nitrogen and oxygen atoms in total. The van der Waals surface area contributed by atoms with Gasteiger partial charge in [-0.3, -0.25) is 14.5 Å². The molecule has 7 heteroatoms. The van der Waals surface area contributed by atoms with Gasteiger partial charge in [-0.05, 0) is 36.2 Å². The summed E-state index contributed by atoms with van der Waals surface area (Å²) in [5.41, 5.74) is 1.72. The Morgan fingerprint density at radius 2 is 1.94 bits per heavy atom. The maximum absolute atomic E-state index is 13.2. The van der Waals surface area contributed by atoms with Crippen LogP contribution in [0.3, 0.4) is 0 Å². The van der Waals surface area contributed by atoms with Crippen LogP contribution < -0.4 is 15.0 Å². The molecule has 1 N–H and O–H groups in total. The summed E-state index contributed by atoms with van der Waals surface area (Å²) in [6, 6.07) is 20.3. The van der Waals surface area contributed by atoms with Gasteiger partial charge < -0.3 is 10.1 Å². The first-order chi connectivity index (χ1) is 15.1. The summed E-state index contributed by atoms with van der Waals surface area (Å²) in [5, 5.41) is 3.52. The predicted molar refractivity (Wildman–Crippen MR) is 119 cm³/mol. The second kappa shape index (κ2) is 9.62. The molecule has 158 valence electrons. The molecule has 1 atom stereocenters. The van der Waals surface area contributed by atoms with Crippen LogP contribution in [0.1, 0.15) is 30.1 Å². The average molecular weight is 436 g/mol. The molecule has 31 heavy (non-hydrogen) atoms. The number of ether oxygens (including phenoxy) is 1. The summed E-state index contributed by atoms with van der Waals surface area (Å²) in [5.74, 6) is 0.777. The molecule has 0 saturated heterocycles. The Hall–Kier alpha value is -3.38. The van der Waals surface area contributed by atoms with Crippen molar-refractivity contribution in [2.24, 2.45) is 0 Å². The van der Waals surface area contributed by atoms with Crippen molar-refractivity contribution in [3.8, 4) is 5.75 Å². The minimum Gasteiger partial charge on any atom is -0.472 e. The number of halogens is 1. The molecule has 0 spiro atoms. The molecule has 4 rings (SSSR count). The first-order valence-corrected chi connectivity index (χ1v) is 10.5. The zero-order valence-electron chi connectivity index (χ0n) is 16.8. The number of anilines is 1. The van der Waals surface area contributed by atoms with E-state index >= 15 is 0 Å². The van der Waals surface area contributed by atoms with Gasteiger partial charge in [-0.25, -0.2) is 4.98 Å². The summed E-state index contributed by atoms with van der Waals surface area (Å²) < 4.78 is 5.94. The molecule has 1 aliphatic rings. The van der Waals surface area contributed by atoms with E-state index < -0.39 is 6.10 Å². The number of carbonyl (C=O) groups is 2. The van der Waals surface area contributed by atoms with Crippen LogP contribution in [0.5, 0.6) is 5.75 Å². The SMILES string of the molecule is O=C(CCCN1C(=O)[C@@H](c2ccccc2)Oc2cccnc21)NCc1cccc(Cl)c1. The summed E-state index contributed by atoms with van der Waals surface area (Å²) in [6.07, 6.45) is 1.70. The van der Waals surface area contributed by atoms with Crippen LogP contribution in [0.2, 0.25) is 5.02 Å².